The van der Waals surface area contributed by atoms with Crippen LogP contribution in [0.5, 0.6) is 0 Å². The molecule has 11 nitrogen and oxygen atoms in total. The highest BCUT2D eigenvalue weighted by Crippen LogP contribution is 2.38. The minimum Gasteiger partial charge on any atom is -0.756 e. The van der Waals surface area contributed by atoms with Gasteiger partial charge >= 0.3 is 11.9 Å². The molecule has 1 aromatic rings. The van der Waals surface area contributed by atoms with Crippen LogP contribution in [-0.4, -0.2) is 75.8 Å². The van der Waals surface area contributed by atoms with Crippen LogP contribution in [0.2, 0.25) is 0 Å². The number of hydrogen-bond donors (Lipinski definition) is 0. The molecule has 0 aliphatic rings. The van der Waals surface area contributed by atoms with Crippen molar-refractivity contribution in [2.75, 3.05) is 47.5 Å². The Morgan fingerprint density at radius 1 is 0.683 bits per heavy atom. The largest absolute Gasteiger partial charge is 0.756 e. The average Bonchev–Trinajstić information content (AvgIpc) is 3.45. The maximum Gasteiger partial charge on any atom is 0.306 e. The zero-order valence-electron chi connectivity index (χ0n) is 38.4. The molecular formula is C48H80NO10P. The van der Waals surface area contributed by atoms with Gasteiger partial charge in [0.05, 0.1) is 27.7 Å². The number of likely N-dealkylation sites (N-methyl/N-ethyl adjacent to an activating group) is 1. The second-order valence-electron chi connectivity index (χ2n) is 16.7. The van der Waals surface area contributed by atoms with Crippen LogP contribution in [0.4, 0.5) is 0 Å². The molecular weight excluding hydrogens is 781 g/mol. The van der Waals surface area contributed by atoms with E-state index in [1.807, 2.05) is 33.3 Å². The van der Waals surface area contributed by atoms with Crippen LogP contribution in [0.25, 0.3) is 0 Å². The standard InChI is InChI=1S/C48H80NO10P/c1-8-10-11-12-13-14-15-16-17-18-21-24-27-32-43(50)33-30-36-48(52)58-44(40-57-60(53,54)56-38-37-49(5,6)7)39-55-47(51)35-29-26-23-20-19-22-25-28-34-46-42(4)41(3)45(59-46)31-9-2/h13-14,16-17,21,24,27,32,44H,8-12,15,18-20,22-23,25-26,28-31,33-40H2,1-7H3/b14-13-,17-16-,24-21-,32-27+/t44-/m1/s1. The second-order valence-corrected chi connectivity index (χ2v) is 18.1. The zero-order valence-corrected chi connectivity index (χ0v) is 39.2. The molecule has 2 atom stereocenters. The van der Waals surface area contributed by atoms with Crippen molar-refractivity contribution in [1.29, 1.82) is 0 Å². The minimum absolute atomic E-state index is 0.0734. The number of phosphoric acid groups is 1. The number of carbonyl (C=O) groups excluding carboxylic acids is 3. The fourth-order valence-corrected chi connectivity index (χ4v) is 6.91. The Bertz CT molecular complexity index is 1500. The fraction of sp³-hybridized carbons (Fsp3) is 0.688. The third-order valence-corrected chi connectivity index (χ3v) is 11.0. The van der Waals surface area contributed by atoms with Gasteiger partial charge in [0.25, 0.3) is 7.82 Å². The number of carbonyl (C=O) groups is 3. The van der Waals surface area contributed by atoms with Gasteiger partial charge in [-0.1, -0.05) is 108 Å². The number of ketones is 1. The molecule has 0 aromatic carbocycles. The molecule has 0 radical (unpaired) electrons. The first kappa shape index (κ1) is 54.9. The molecule has 0 saturated carbocycles. The first-order chi connectivity index (χ1) is 28.7. The van der Waals surface area contributed by atoms with Crippen molar-refractivity contribution in [2.45, 2.75) is 169 Å². The maximum atomic E-state index is 12.7. The number of allylic oxidation sites excluding steroid dienone is 8. The van der Waals surface area contributed by atoms with E-state index in [1.165, 1.54) is 42.9 Å². The fourth-order valence-electron chi connectivity index (χ4n) is 6.18. The summed E-state index contributed by atoms with van der Waals surface area (Å²) in [6, 6.07) is 0. The molecule has 342 valence electrons. The van der Waals surface area contributed by atoms with E-state index in [9.17, 15) is 23.8 Å². The van der Waals surface area contributed by atoms with Crippen molar-refractivity contribution in [3.8, 4) is 0 Å². The number of aryl methyl sites for hydroxylation is 2. The van der Waals surface area contributed by atoms with E-state index in [0.29, 0.717) is 17.4 Å². The van der Waals surface area contributed by atoms with Gasteiger partial charge in [0.1, 0.15) is 31.3 Å². The van der Waals surface area contributed by atoms with Crippen molar-refractivity contribution in [3.05, 3.63) is 71.3 Å². The molecule has 1 heterocycles. The lowest BCUT2D eigenvalue weighted by Crippen LogP contribution is -2.37. The highest BCUT2D eigenvalue weighted by Gasteiger charge is 2.22. The number of ether oxygens (including phenoxy) is 2. The molecule has 0 aliphatic carbocycles. The summed E-state index contributed by atoms with van der Waals surface area (Å²) < 4.78 is 39.8. The number of quaternary nitrogens is 1. The SMILES string of the molecule is CCCCC/C=C\C/C=C\C/C=C\C=C\C(=O)CCCC(=O)O[C@H](COC(=O)CCCCCCCCCCc1oc(CCC)c(C)c1C)COP(=O)([O-])OCC[N+](C)(C)C. The Morgan fingerprint density at radius 3 is 1.97 bits per heavy atom. The Kier molecular flexibility index (Phi) is 30.7. The molecule has 0 saturated heterocycles. The van der Waals surface area contributed by atoms with Gasteiger partial charge in [-0.25, -0.2) is 0 Å². The van der Waals surface area contributed by atoms with Crippen molar-refractivity contribution < 1.29 is 51.3 Å². The van der Waals surface area contributed by atoms with Crippen LogP contribution in [0.15, 0.2) is 53.0 Å². The monoisotopic (exact) mass is 862 g/mol. The Hall–Kier alpha value is -3.08. The predicted octanol–water partition coefficient (Wildman–Crippen LogP) is 10.9. The molecule has 0 aliphatic heterocycles. The predicted molar refractivity (Wildman–Crippen MR) is 239 cm³/mol. The molecule has 0 fully saturated rings. The van der Waals surface area contributed by atoms with Crippen molar-refractivity contribution >= 4 is 25.5 Å². The second kappa shape index (κ2) is 33.5. The molecule has 0 amide bonds. The molecule has 0 N–H and O–H groups in total. The maximum absolute atomic E-state index is 12.7. The summed E-state index contributed by atoms with van der Waals surface area (Å²) >= 11 is 0. The van der Waals surface area contributed by atoms with Crippen molar-refractivity contribution in [3.63, 3.8) is 0 Å². The Labute approximate surface area is 363 Å². The molecule has 0 spiro atoms. The highest BCUT2D eigenvalue weighted by atomic mass is 31.2. The molecule has 12 heteroatoms. The van der Waals surface area contributed by atoms with Crippen molar-refractivity contribution in [1.82, 2.24) is 0 Å². The van der Waals surface area contributed by atoms with Crippen LogP contribution < -0.4 is 4.89 Å². The third kappa shape index (κ3) is 30.0. The van der Waals surface area contributed by atoms with Crippen molar-refractivity contribution in [2.24, 2.45) is 0 Å². The first-order valence-electron chi connectivity index (χ1n) is 22.7. The topological polar surface area (TPSA) is 141 Å². The van der Waals surface area contributed by atoms with Crippen LogP contribution in [0, 0.1) is 13.8 Å². The van der Waals surface area contributed by atoms with Crippen LogP contribution in [-0.2, 0) is 50.3 Å². The van der Waals surface area contributed by atoms with Crippen LogP contribution >= 0.6 is 7.82 Å². The number of unbranched alkanes of at least 4 members (excludes halogenated alkanes) is 10. The van der Waals surface area contributed by atoms with Gasteiger partial charge in [-0.2, -0.15) is 0 Å². The van der Waals surface area contributed by atoms with Gasteiger partial charge < -0.3 is 32.3 Å². The van der Waals surface area contributed by atoms with Gasteiger partial charge in [0.15, 0.2) is 11.9 Å². The van der Waals surface area contributed by atoms with Crippen LogP contribution in [0.3, 0.4) is 0 Å². The quantitative estimate of drug-likeness (QED) is 0.0121. The third-order valence-electron chi connectivity index (χ3n) is 10.0. The summed E-state index contributed by atoms with van der Waals surface area (Å²) in [6.07, 6.45) is 32.8. The zero-order chi connectivity index (χ0) is 44.5. The number of furan rings is 1. The van der Waals surface area contributed by atoms with E-state index < -0.39 is 32.5 Å². The van der Waals surface area contributed by atoms with Gasteiger partial charge in [-0.15, -0.1) is 0 Å². The minimum atomic E-state index is -4.71. The Morgan fingerprint density at radius 2 is 1.30 bits per heavy atom. The molecule has 0 bridgehead atoms. The summed E-state index contributed by atoms with van der Waals surface area (Å²) in [6.45, 7) is 8.11. The summed E-state index contributed by atoms with van der Waals surface area (Å²) in [5, 5.41) is 0. The van der Waals surface area contributed by atoms with Gasteiger partial charge in [0.2, 0.25) is 0 Å². The smallest absolute Gasteiger partial charge is 0.306 e. The molecule has 1 rings (SSSR count). The number of nitrogens with zero attached hydrogens (tertiary/aromatic N) is 1. The normalized spacial score (nSPS) is 13.9. The lowest BCUT2D eigenvalue weighted by Gasteiger charge is -2.28. The van der Waals surface area contributed by atoms with E-state index in [0.717, 1.165) is 88.6 Å². The van der Waals surface area contributed by atoms with E-state index in [1.54, 1.807) is 6.08 Å². The van der Waals surface area contributed by atoms with Crippen LogP contribution in [0.1, 0.15) is 158 Å². The summed E-state index contributed by atoms with van der Waals surface area (Å²) in [5.74, 6) is 1.03. The summed E-state index contributed by atoms with van der Waals surface area (Å²) in [5.41, 5.74) is 2.60. The molecule has 1 aromatic heterocycles. The van der Waals surface area contributed by atoms with E-state index in [4.69, 9.17) is 22.9 Å². The van der Waals surface area contributed by atoms with Gasteiger partial charge in [0, 0.05) is 32.1 Å². The molecule has 1 unspecified atom stereocenters. The highest BCUT2D eigenvalue weighted by molar-refractivity contribution is 7.45. The van der Waals surface area contributed by atoms with E-state index in [-0.39, 0.29) is 44.7 Å². The van der Waals surface area contributed by atoms with E-state index >= 15 is 0 Å². The number of hydrogen-bond acceptors (Lipinski definition) is 10. The summed E-state index contributed by atoms with van der Waals surface area (Å²) in [4.78, 5) is 49.9. The lowest BCUT2D eigenvalue weighted by atomic mass is 10.0. The number of phosphoric ester groups is 1. The number of rotatable bonds is 37. The van der Waals surface area contributed by atoms with Gasteiger partial charge in [-0.3, -0.25) is 18.9 Å². The first-order valence-corrected chi connectivity index (χ1v) is 24.1. The Balaban J connectivity index is 2.42. The average molecular weight is 862 g/mol. The van der Waals surface area contributed by atoms with Gasteiger partial charge in [-0.05, 0) is 82.4 Å². The molecule has 60 heavy (non-hydrogen) atoms. The lowest BCUT2D eigenvalue weighted by molar-refractivity contribution is -0.870. The van der Waals surface area contributed by atoms with E-state index in [2.05, 4.69) is 52.0 Å². The number of esters is 2. The summed E-state index contributed by atoms with van der Waals surface area (Å²) in [7, 11) is 0.993.